The standard InChI is InChI=1S/C9H7N3O4S2/c13-4-1-3(2-5(14)6(4)15)7(16)10-8-11-12-9(17)18-8/h1-2,13-15H,(H,12,17)(H,10,11,16). The molecule has 1 aromatic heterocycles. The number of hydrogen-bond donors (Lipinski definition) is 5. The van der Waals surface area contributed by atoms with Gasteiger partial charge >= 0.3 is 0 Å². The Kier molecular flexibility index (Phi) is 3.17. The van der Waals surface area contributed by atoms with Crippen LogP contribution in [-0.2, 0) is 0 Å². The average Bonchev–Trinajstić information content (AvgIpc) is 2.71. The average molecular weight is 285 g/mol. The summed E-state index contributed by atoms with van der Waals surface area (Å²) in [6.07, 6.45) is 0. The van der Waals surface area contributed by atoms with Crippen LogP contribution in [0.5, 0.6) is 17.2 Å². The highest BCUT2D eigenvalue weighted by atomic mass is 32.1. The fourth-order valence-electron chi connectivity index (χ4n) is 1.19. The van der Waals surface area contributed by atoms with Crippen molar-refractivity contribution in [1.29, 1.82) is 0 Å². The number of benzene rings is 1. The summed E-state index contributed by atoms with van der Waals surface area (Å²) in [7, 11) is 0. The molecule has 0 unspecified atom stereocenters. The molecule has 0 bridgehead atoms. The molecule has 1 heterocycles. The SMILES string of the molecule is O=C(Nc1n[nH]c(=S)s1)c1cc(O)c(O)c(O)c1. The van der Waals surface area contributed by atoms with Gasteiger partial charge in [-0.05, 0) is 24.4 Å². The molecule has 7 nitrogen and oxygen atoms in total. The lowest BCUT2D eigenvalue weighted by atomic mass is 10.1. The number of phenolic OH excluding ortho intramolecular Hbond substituents is 3. The molecule has 0 fully saturated rings. The number of aromatic nitrogens is 2. The lowest BCUT2D eigenvalue weighted by Crippen LogP contribution is -2.11. The van der Waals surface area contributed by atoms with Gasteiger partial charge in [0.25, 0.3) is 5.91 Å². The summed E-state index contributed by atoms with van der Waals surface area (Å²) < 4.78 is 0.404. The van der Waals surface area contributed by atoms with Crippen LogP contribution in [0.1, 0.15) is 10.4 Å². The molecule has 0 saturated heterocycles. The Hall–Kier alpha value is -2.13. The van der Waals surface area contributed by atoms with Gasteiger partial charge in [-0.15, -0.1) is 5.10 Å². The van der Waals surface area contributed by atoms with Crippen LogP contribution in [0.2, 0.25) is 0 Å². The van der Waals surface area contributed by atoms with Crippen molar-refractivity contribution in [2.45, 2.75) is 0 Å². The minimum atomic E-state index is -0.679. The van der Waals surface area contributed by atoms with Gasteiger partial charge < -0.3 is 15.3 Å². The van der Waals surface area contributed by atoms with Gasteiger partial charge in [-0.1, -0.05) is 11.3 Å². The molecular weight excluding hydrogens is 278 g/mol. The van der Waals surface area contributed by atoms with E-state index in [1.54, 1.807) is 0 Å². The third-order valence-electron chi connectivity index (χ3n) is 1.99. The number of aromatic hydroxyl groups is 3. The Balaban J connectivity index is 2.26. The van der Waals surface area contributed by atoms with Crippen molar-refractivity contribution in [2.75, 3.05) is 5.32 Å². The van der Waals surface area contributed by atoms with E-state index in [1.807, 2.05) is 0 Å². The number of phenols is 3. The highest BCUT2D eigenvalue weighted by Gasteiger charge is 2.14. The zero-order chi connectivity index (χ0) is 13.3. The predicted octanol–water partition coefficient (Wildman–Crippen LogP) is 1.57. The zero-order valence-electron chi connectivity index (χ0n) is 8.67. The van der Waals surface area contributed by atoms with Crippen molar-refractivity contribution < 1.29 is 20.1 Å². The van der Waals surface area contributed by atoms with Crippen molar-refractivity contribution in [2.24, 2.45) is 0 Å². The number of anilines is 1. The van der Waals surface area contributed by atoms with Gasteiger partial charge in [0.1, 0.15) is 0 Å². The van der Waals surface area contributed by atoms with Crippen LogP contribution in [0.25, 0.3) is 0 Å². The lowest BCUT2D eigenvalue weighted by Gasteiger charge is -2.05. The zero-order valence-corrected chi connectivity index (χ0v) is 10.3. The van der Waals surface area contributed by atoms with E-state index >= 15 is 0 Å². The second-order valence-corrected chi connectivity index (χ2v) is 4.90. The van der Waals surface area contributed by atoms with E-state index in [0.717, 1.165) is 23.5 Å². The first-order valence-corrected chi connectivity index (χ1v) is 5.81. The number of carbonyl (C=O) groups is 1. The topological polar surface area (TPSA) is 118 Å². The van der Waals surface area contributed by atoms with Crippen molar-refractivity contribution in [3.63, 3.8) is 0 Å². The molecule has 0 saturated carbocycles. The smallest absolute Gasteiger partial charge is 0.257 e. The molecule has 2 rings (SSSR count). The van der Waals surface area contributed by atoms with Crippen molar-refractivity contribution in [3.8, 4) is 17.2 Å². The van der Waals surface area contributed by atoms with Gasteiger partial charge in [0.2, 0.25) is 5.13 Å². The molecule has 2 aromatic rings. The molecule has 94 valence electrons. The number of nitrogens with zero attached hydrogens (tertiary/aromatic N) is 1. The fraction of sp³-hybridized carbons (Fsp3) is 0. The second kappa shape index (κ2) is 4.63. The first-order valence-electron chi connectivity index (χ1n) is 4.59. The third-order valence-corrected chi connectivity index (χ3v) is 3.00. The molecule has 9 heteroatoms. The predicted molar refractivity (Wildman–Crippen MR) is 66.7 cm³/mol. The summed E-state index contributed by atoms with van der Waals surface area (Å²) >= 11 is 5.86. The van der Waals surface area contributed by atoms with E-state index in [4.69, 9.17) is 17.3 Å². The first kappa shape index (κ1) is 12.3. The molecule has 0 spiro atoms. The lowest BCUT2D eigenvalue weighted by molar-refractivity contribution is 0.102. The molecule has 0 aliphatic carbocycles. The number of hydrogen-bond acceptors (Lipinski definition) is 7. The Labute approximate surface area is 109 Å². The summed E-state index contributed by atoms with van der Waals surface area (Å²) in [6, 6.07) is 2.05. The summed E-state index contributed by atoms with van der Waals surface area (Å²) in [5, 5.41) is 36.6. The van der Waals surface area contributed by atoms with Gasteiger partial charge in [-0.25, -0.2) is 0 Å². The van der Waals surface area contributed by atoms with Gasteiger partial charge in [-0.3, -0.25) is 15.2 Å². The van der Waals surface area contributed by atoms with Crippen molar-refractivity contribution in [1.82, 2.24) is 10.2 Å². The molecular formula is C9H7N3O4S2. The van der Waals surface area contributed by atoms with E-state index in [1.165, 1.54) is 0 Å². The fourth-order valence-corrected chi connectivity index (χ4v) is 1.97. The number of aromatic amines is 1. The van der Waals surface area contributed by atoms with E-state index < -0.39 is 23.2 Å². The van der Waals surface area contributed by atoms with Crippen LogP contribution in [-0.4, -0.2) is 31.4 Å². The summed E-state index contributed by atoms with van der Waals surface area (Å²) in [5.74, 6) is -2.45. The maximum Gasteiger partial charge on any atom is 0.257 e. The van der Waals surface area contributed by atoms with E-state index in [-0.39, 0.29) is 10.7 Å². The molecule has 1 aromatic carbocycles. The number of amides is 1. The van der Waals surface area contributed by atoms with Crippen LogP contribution in [0, 0.1) is 3.95 Å². The molecule has 0 aliphatic rings. The maximum absolute atomic E-state index is 11.7. The highest BCUT2D eigenvalue weighted by molar-refractivity contribution is 7.73. The molecule has 1 amide bonds. The van der Waals surface area contributed by atoms with Gasteiger partial charge in [0.15, 0.2) is 21.2 Å². The van der Waals surface area contributed by atoms with Gasteiger partial charge in [0.05, 0.1) is 0 Å². The minimum Gasteiger partial charge on any atom is -0.504 e. The number of H-pyrrole nitrogens is 1. The Bertz CT molecular complexity index is 641. The van der Waals surface area contributed by atoms with Gasteiger partial charge in [0, 0.05) is 5.56 Å². The number of nitrogens with one attached hydrogen (secondary N) is 2. The highest BCUT2D eigenvalue weighted by Crippen LogP contribution is 2.35. The maximum atomic E-state index is 11.7. The Morgan fingerprint density at radius 1 is 1.33 bits per heavy atom. The van der Waals surface area contributed by atoms with Crippen LogP contribution >= 0.6 is 23.6 Å². The molecule has 0 radical (unpaired) electrons. The normalized spacial score (nSPS) is 10.2. The first-order chi connectivity index (χ1) is 8.47. The monoisotopic (exact) mass is 285 g/mol. The Morgan fingerprint density at radius 2 is 1.94 bits per heavy atom. The molecule has 5 N–H and O–H groups in total. The quantitative estimate of drug-likeness (QED) is 0.422. The number of rotatable bonds is 2. The van der Waals surface area contributed by atoms with Crippen LogP contribution in [0.3, 0.4) is 0 Å². The van der Waals surface area contributed by atoms with Crippen LogP contribution in [0.15, 0.2) is 12.1 Å². The van der Waals surface area contributed by atoms with Crippen molar-refractivity contribution in [3.05, 3.63) is 21.7 Å². The van der Waals surface area contributed by atoms with E-state index in [2.05, 4.69) is 15.5 Å². The number of carbonyl (C=O) groups excluding carboxylic acids is 1. The summed E-state index contributed by atoms with van der Waals surface area (Å²) in [6.45, 7) is 0. The molecule has 0 aliphatic heterocycles. The summed E-state index contributed by atoms with van der Waals surface area (Å²) in [4.78, 5) is 11.7. The van der Waals surface area contributed by atoms with Gasteiger partial charge in [-0.2, -0.15) is 0 Å². The van der Waals surface area contributed by atoms with Crippen LogP contribution < -0.4 is 5.32 Å². The second-order valence-electron chi connectivity index (χ2n) is 3.24. The van der Waals surface area contributed by atoms with E-state index in [9.17, 15) is 15.0 Å². The molecule has 18 heavy (non-hydrogen) atoms. The van der Waals surface area contributed by atoms with Crippen molar-refractivity contribution >= 4 is 34.6 Å². The summed E-state index contributed by atoms with van der Waals surface area (Å²) in [5.41, 5.74) is -0.0241. The Morgan fingerprint density at radius 3 is 2.44 bits per heavy atom. The van der Waals surface area contributed by atoms with E-state index in [0.29, 0.717) is 3.95 Å². The minimum absolute atomic E-state index is 0.0241. The molecule has 0 atom stereocenters. The third kappa shape index (κ3) is 2.41. The largest absolute Gasteiger partial charge is 0.504 e. The van der Waals surface area contributed by atoms with Crippen LogP contribution in [0.4, 0.5) is 5.13 Å².